The summed E-state index contributed by atoms with van der Waals surface area (Å²) in [7, 11) is 1.80. The van der Waals surface area contributed by atoms with Crippen LogP contribution in [0.5, 0.6) is 0 Å². The quantitative estimate of drug-likeness (QED) is 0.907. The van der Waals surface area contributed by atoms with Gasteiger partial charge < -0.3 is 19.5 Å². The lowest BCUT2D eigenvalue weighted by Crippen LogP contribution is -2.44. The van der Waals surface area contributed by atoms with Gasteiger partial charge in [0.15, 0.2) is 5.82 Å². The number of carbonyl (C=O) groups is 1. The number of morpholine rings is 1. The Kier molecular flexibility index (Phi) is 4.98. The van der Waals surface area contributed by atoms with Gasteiger partial charge in [0.2, 0.25) is 5.76 Å². The second kappa shape index (κ2) is 7.18. The summed E-state index contributed by atoms with van der Waals surface area (Å²) in [5.74, 6) is 1.48. The SMILES string of the molecule is CNc1cc(C)nc(C2COCCN2C(=O)c2cc(C(C)C)no2)n1. The Labute approximate surface area is 146 Å². The summed E-state index contributed by atoms with van der Waals surface area (Å²) in [6, 6.07) is 3.20. The average molecular weight is 345 g/mol. The van der Waals surface area contributed by atoms with Gasteiger partial charge in [-0.05, 0) is 12.8 Å². The van der Waals surface area contributed by atoms with E-state index >= 15 is 0 Å². The first-order chi connectivity index (χ1) is 12.0. The number of amides is 1. The van der Waals surface area contributed by atoms with Crippen molar-refractivity contribution in [2.24, 2.45) is 0 Å². The highest BCUT2D eigenvalue weighted by Crippen LogP contribution is 2.26. The van der Waals surface area contributed by atoms with Crippen LogP contribution >= 0.6 is 0 Å². The molecule has 0 bridgehead atoms. The zero-order valence-corrected chi connectivity index (χ0v) is 14.9. The summed E-state index contributed by atoms with van der Waals surface area (Å²) in [4.78, 5) is 23.6. The average Bonchev–Trinajstić information content (AvgIpc) is 3.11. The molecule has 3 rings (SSSR count). The van der Waals surface area contributed by atoms with Crippen molar-refractivity contribution in [3.05, 3.63) is 35.1 Å². The van der Waals surface area contributed by atoms with Crippen LogP contribution in [-0.4, -0.2) is 52.7 Å². The van der Waals surface area contributed by atoms with Crippen LogP contribution in [0.3, 0.4) is 0 Å². The van der Waals surface area contributed by atoms with Gasteiger partial charge in [0.05, 0.1) is 18.9 Å². The Morgan fingerprint density at radius 2 is 2.16 bits per heavy atom. The number of nitrogens with one attached hydrogen (secondary N) is 1. The highest BCUT2D eigenvalue weighted by atomic mass is 16.5. The molecule has 1 amide bonds. The Balaban J connectivity index is 1.90. The summed E-state index contributed by atoms with van der Waals surface area (Å²) in [5.41, 5.74) is 1.59. The fourth-order valence-corrected chi connectivity index (χ4v) is 2.73. The third kappa shape index (κ3) is 3.63. The molecular weight excluding hydrogens is 322 g/mol. The largest absolute Gasteiger partial charge is 0.377 e. The van der Waals surface area contributed by atoms with Crippen molar-refractivity contribution in [1.29, 1.82) is 0 Å². The van der Waals surface area contributed by atoms with Crippen molar-refractivity contribution in [3.8, 4) is 0 Å². The van der Waals surface area contributed by atoms with Gasteiger partial charge >= 0.3 is 0 Å². The van der Waals surface area contributed by atoms with Gasteiger partial charge in [-0.1, -0.05) is 19.0 Å². The predicted octanol–water partition coefficient (Wildman–Crippen LogP) is 2.15. The molecular formula is C17H23N5O3. The van der Waals surface area contributed by atoms with Crippen LogP contribution in [0.2, 0.25) is 0 Å². The van der Waals surface area contributed by atoms with E-state index in [-0.39, 0.29) is 23.6 Å². The molecule has 3 heterocycles. The Hall–Kier alpha value is -2.48. The van der Waals surface area contributed by atoms with Gasteiger partial charge in [0.1, 0.15) is 11.9 Å². The Bertz CT molecular complexity index is 758. The zero-order chi connectivity index (χ0) is 18.0. The van der Waals surface area contributed by atoms with Gasteiger partial charge in [0, 0.05) is 31.4 Å². The maximum absolute atomic E-state index is 12.9. The Morgan fingerprint density at radius 3 is 2.84 bits per heavy atom. The summed E-state index contributed by atoms with van der Waals surface area (Å²) in [6.45, 7) is 7.18. The van der Waals surface area contributed by atoms with Gasteiger partial charge in [-0.15, -0.1) is 0 Å². The van der Waals surface area contributed by atoms with Crippen molar-refractivity contribution in [3.63, 3.8) is 0 Å². The van der Waals surface area contributed by atoms with E-state index in [9.17, 15) is 4.79 Å². The summed E-state index contributed by atoms with van der Waals surface area (Å²) < 4.78 is 10.8. The molecule has 8 nitrogen and oxygen atoms in total. The van der Waals surface area contributed by atoms with E-state index in [2.05, 4.69) is 20.4 Å². The second-order valence-corrected chi connectivity index (χ2v) is 6.36. The van der Waals surface area contributed by atoms with E-state index < -0.39 is 0 Å². The first-order valence-electron chi connectivity index (χ1n) is 8.38. The number of rotatable bonds is 4. The van der Waals surface area contributed by atoms with Crippen molar-refractivity contribution >= 4 is 11.7 Å². The molecule has 25 heavy (non-hydrogen) atoms. The predicted molar refractivity (Wildman–Crippen MR) is 91.5 cm³/mol. The van der Waals surface area contributed by atoms with E-state index in [1.807, 2.05) is 26.8 Å². The molecule has 0 aromatic carbocycles. The zero-order valence-electron chi connectivity index (χ0n) is 14.9. The van der Waals surface area contributed by atoms with Crippen LogP contribution in [0, 0.1) is 6.92 Å². The minimum atomic E-state index is -0.360. The lowest BCUT2D eigenvalue weighted by molar-refractivity contribution is -0.00713. The standard InChI is InChI=1S/C17H23N5O3/c1-10(2)12-8-14(25-21-12)17(23)22-5-6-24-9-13(22)16-19-11(3)7-15(18-4)20-16/h7-8,10,13H,5-6,9H2,1-4H3,(H,18,19,20). The number of anilines is 1. The third-order valence-corrected chi connectivity index (χ3v) is 4.15. The lowest BCUT2D eigenvalue weighted by atomic mass is 10.1. The number of carbonyl (C=O) groups excluding carboxylic acids is 1. The van der Waals surface area contributed by atoms with Crippen molar-refractivity contribution in [2.45, 2.75) is 32.7 Å². The van der Waals surface area contributed by atoms with E-state index in [0.29, 0.717) is 31.4 Å². The first-order valence-corrected chi connectivity index (χ1v) is 8.38. The molecule has 2 aromatic heterocycles. The molecule has 2 aromatic rings. The molecule has 1 aliphatic rings. The van der Waals surface area contributed by atoms with Gasteiger partial charge in [-0.25, -0.2) is 9.97 Å². The number of nitrogens with zero attached hydrogens (tertiary/aromatic N) is 4. The van der Waals surface area contributed by atoms with Crippen LogP contribution in [0.4, 0.5) is 5.82 Å². The van der Waals surface area contributed by atoms with Crippen molar-refractivity contribution < 1.29 is 14.1 Å². The smallest absolute Gasteiger partial charge is 0.293 e. The molecule has 1 N–H and O–H groups in total. The number of aryl methyl sites for hydroxylation is 1. The summed E-state index contributed by atoms with van der Waals surface area (Å²) >= 11 is 0. The van der Waals surface area contributed by atoms with Gasteiger partial charge in [-0.3, -0.25) is 4.79 Å². The van der Waals surface area contributed by atoms with Crippen molar-refractivity contribution in [1.82, 2.24) is 20.0 Å². The van der Waals surface area contributed by atoms with Crippen molar-refractivity contribution in [2.75, 3.05) is 32.1 Å². The van der Waals surface area contributed by atoms with Crippen LogP contribution in [0.15, 0.2) is 16.7 Å². The van der Waals surface area contributed by atoms with Crippen LogP contribution in [0.25, 0.3) is 0 Å². The maximum Gasteiger partial charge on any atom is 0.293 e. The topological polar surface area (TPSA) is 93.4 Å². The van der Waals surface area contributed by atoms with Gasteiger partial charge in [0.25, 0.3) is 5.91 Å². The molecule has 1 aliphatic heterocycles. The molecule has 0 radical (unpaired) electrons. The fraction of sp³-hybridized carbons (Fsp3) is 0.529. The van der Waals surface area contributed by atoms with Crippen LogP contribution < -0.4 is 5.32 Å². The molecule has 1 unspecified atom stereocenters. The molecule has 1 saturated heterocycles. The highest BCUT2D eigenvalue weighted by Gasteiger charge is 2.33. The van der Waals surface area contributed by atoms with E-state index in [4.69, 9.17) is 9.26 Å². The molecule has 0 spiro atoms. The fourth-order valence-electron chi connectivity index (χ4n) is 2.73. The number of ether oxygens (including phenoxy) is 1. The summed E-state index contributed by atoms with van der Waals surface area (Å²) in [6.07, 6.45) is 0. The number of hydrogen-bond donors (Lipinski definition) is 1. The van der Waals surface area contributed by atoms with E-state index in [1.165, 1.54) is 0 Å². The van der Waals surface area contributed by atoms with Crippen LogP contribution in [-0.2, 0) is 4.74 Å². The van der Waals surface area contributed by atoms with E-state index in [0.717, 1.165) is 11.4 Å². The molecule has 0 aliphatic carbocycles. The molecule has 1 atom stereocenters. The Morgan fingerprint density at radius 1 is 1.36 bits per heavy atom. The third-order valence-electron chi connectivity index (χ3n) is 4.15. The number of aromatic nitrogens is 3. The summed E-state index contributed by atoms with van der Waals surface area (Å²) in [5, 5.41) is 6.99. The second-order valence-electron chi connectivity index (χ2n) is 6.36. The maximum atomic E-state index is 12.9. The van der Waals surface area contributed by atoms with E-state index in [1.54, 1.807) is 18.0 Å². The normalized spacial score (nSPS) is 17.8. The molecule has 134 valence electrons. The highest BCUT2D eigenvalue weighted by molar-refractivity contribution is 5.91. The first kappa shape index (κ1) is 17.3. The monoisotopic (exact) mass is 345 g/mol. The van der Waals surface area contributed by atoms with Crippen LogP contribution in [0.1, 0.15) is 53.6 Å². The molecule has 0 saturated carbocycles. The molecule has 1 fully saturated rings. The molecule has 8 heteroatoms. The lowest BCUT2D eigenvalue weighted by Gasteiger charge is -2.34. The minimum Gasteiger partial charge on any atom is -0.377 e. The number of hydrogen-bond acceptors (Lipinski definition) is 7. The minimum absolute atomic E-state index is 0.198. The van der Waals surface area contributed by atoms with Gasteiger partial charge in [-0.2, -0.15) is 0 Å².